The molecule has 0 bridgehead atoms. The van der Waals surface area contributed by atoms with Gasteiger partial charge in [0.2, 0.25) is 0 Å². The zero-order chi connectivity index (χ0) is 7.56. The van der Waals surface area contributed by atoms with Crippen LogP contribution in [0.25, 0.3) is 0 Å². The highest BCUT2D eigenvalue weighted by Gasteiger charge is 2.04. The third-order valence-electron chi connectivity index (χ3n) is 1.18. The Labute approximate surface area is 58.3 Å². The van der Waals surface area contributed by atoms with Crippen LogP contribution in [0.1, 0.15) is 16.1 Å². The summed E-state index contributed by atoms with van der Waals surface area (Å²) >= 11 is 0. The van der Waals surface area contributed by atoms with Crippen molar-refractivity contribution in [2.45, 2.75) is 6.92 Å². The summed E-state index contributed by atoms with van der Waals surface area (Å²) < 4.78 is 0. The molecule has 0 aliphatic carbocycles. The van der Waals surface area contributed by atoms with Gasteiger partial charge in [-0.3, -0.25) is 4.98 Å². The highest BCUT2D eigenvalue weighted by atomic mass is 16.4. The SMILES string of the molecule is Cc1nc[c]cc1C(=O)O. The molecule has 1 aromatic rings. The van der Waals surface area contributed by atoms with Crippen LogP contribution >= 0.6 is 0 Å². The topological polar surface area (TPSA) is 50.2 Å². The van der Waals surface area contributed by atoms with Gasteiger partial charge in [0.15, 0.2) is 0 Å². The second-order valence-electron chi connectivity index (χ2n) is 1.87. The second kappa shape index (κ2) is 2.47. The number of rotatable bonds is 1. The Morgan fingerprint density at radius 3 is 2.90 bits per heavy atom. The lowest BCUT2D eigenvalue weighted by Crippen LogP contribution is -2.00. The summed E-state index contributed by atoms with van der Waals surface area (Å²) in [5, 5.41) is 8.51. The van der Waals surface area contributed by atoms with Crippen LogP contribution in [0.2, 0.25) is 0 Å². The molecule has 10 heavy (non-hydrogen) atoms. The van der Waals surface area contributed by atoms with E-state index in [4.69, 9.17) is 5.11 Å². The summed E-state index contributed by atoms with van der Waals surface area (Å²) in [4.78, 5) is 14.1. The van der Waals surface area contributed by atoms with Gasteiger partial charge in [-0.1, -0.05) is 0 Å². The minimum Gasteiger partial charge on any atom is -0.478 e. The third-order valence-corrected chi connectivity index (χ3v) is 1.18. The Kier molecular flexibility index (Phi) is 1.67. The van der Waals surface area contributed by atoms with Crippen molar-refractivity contribution in [1.29, 1.82) is 0 Å². The molecular weight excluding hydrogens is 130 g/mol. The fraction of sp³-hybridized carbons (Fsp3) is 0.143. The number of aromatic carboxylic acids is 1. The van der Waals surface area contributed by atoms with Crippen LogP contribution in [0.3, 0.4) is 0 Å². The zero-order valence-corrected chi connectivity index (χ0v) is 5.46. The van der Waals surface area contributed by atoms with Crippen molar-refractivity contribution in [2.75, 3.05) is 0 Å². The lowest BCUT2D eigenvalue weighted by molar-refractivity contribution is 0.0695. The molecule has 51 valence electrons. The van der Waals surface area contributed by atoms with Crippen molar-refractivity contribution in [2.24, 2.45) is 0 Å². The number of aromatic nitrogens is 1. The minimum atomic E-state index is -0.957. The summed E-state index contributed by atoms with van der Waals surface area (Å²) in [5.41, 5.74) is 0.730. The molecule has 0 saturated carbocycles. The first-order valence-electron chi connectivity index (χ1n) is 2.78. The predicted octanol–water partition coefficient (Wildman–Crippen LogP) is 0.888. The minimum absolute atomic E-state index is 0.211. The monoisotopic (exact) mass is 136 g/mol. The lowest BCUT2D eigenvalue weighted by Gasteiger charge is -1.94. The largest absolute Gasteiger partial charge is 0.478 e. The van der Waals surface area contributed by atoms with Crippen LogP contribution in [-0.4, -0.2) is 16.1 Å². The van der Waals surface area contributed by atoms with Gasteiger partial charge in [-0.05, 0) is 13.0 Å². The molecule has 1 aromatic heterocycles. The predicted molar refractivity (Wildman–Crippen MR) is 34.8 cm³/mol. The van der Waals surface area contributed by atoms with Crippen molar-refractivity contribution < 1.29 is 9.90 Å². The molecular formula is C7H6NO2. The van der Waals surface area contributed by atoms with Crippen LogP contribution in [0.15, 0.2) is 12.3 Å². The zero-order valence-electron chi connectivity index (χ0n) is 5.46. The van der Waals surface area contributed by atoms with Gasteiger partial charge < -0.3 is 5.11 Å². The Balaban J connectivity index is 3.15. The maximum atomic E-state index is 10.4. The van der Waals surface area contributed by atoms with Gasteiger partial charge in [0.1, 0.15) is 0 Å². The van der Waals surface area contributed by atoms with Gasteiger partial charge in [-0.15, -0.1) is 0 Å². The summed E-state index contributed by atoms with van der Waals surface area (Å²) in [6, 6.07) is 4.00. The molecule has 0 spiro atoms. The molecule has 0 saturated heterocycles. The van der Waals surface area contributed by atoms with E-state index in [9.17, 15) is 4.79 Å². The first kappa shape index (κ1) is 6.74. The number of hydrogen-bond donors (Lipinski definition) is 1. The Morgan fingerprint density at radius 1 is 1.80 bits per heavy atom. The van der Waals surface area contributed by atoms with Crippen molar-refractivity contribution in [3.05, 3.63) is 29.6 Å². The van der Waals surface area contributed by atoms with E-state index < -0.39 is 5.97 Å². The summed E-state index contributed by atoms with van der Waals surface area (Å²) in [6.45, 7) is 1.65. The lowest BCUT2D eigenvalue weighted by atomic mass is 10.2. The van der Waals surface area contributed by atoms with Crippen LogP contribution in [0.5, 0.6) is 0 Å². The smallest absolute Gasteiger partial charge is 0.337 e. The Morgan fingerprint density at radius 2 is 2.50 bits per heavy atom. The first-order valence-corrected chi connectivity index (χ1v) is 2.78. The van der Waals surface area contributed by atoms with Gasteiger partial charge in [0.25, 0.3) is 0 Å². The highest BCUT2D eigenvalue weighted by Crippen LogP contribution is 2.01. The molecule has 1 N–H and O–H groups in total. The van der Waals surface area contributed by atoms with E-state index in [-0.39, 0.29) is 5.56 Å². The Hall–Kier alpha value is -1.38. The molecule has 0 aromatic carbocycles. The van der Waals surface area contributed by atoms with E-state index in [0.717, 1.165) is 0 Å². The average molecular weight is 136 g/mol. The van der Waals surface area contributed by atoms with Crippen LogP contribution in [0.4, 0.5) is 0 Å². The number of hydrogen-bond acceptors (Lipinski definition) is 2. The standard InChI is InChI=1S/C7H6NO2/c1-5-6(7(9)10)3-2-4-8-5/h3-4H,1H3,(H,9,10). The summed E-state index contributed by atoms with van der Waals surface area (Å²) in [5.74, 6) is -0.957. The number of aryl methyl sites for hydroxylation is 1. The first-order chi connectivity index (χ1) is 4.72. The molecule has 0 atom stereocenters. The molecule has 0 amide bonds. The molecule has 0 fully saturated rings. The van der Waals surface area contributed by atoms with Gasteiger partial charge in [0, 0.05) is 12.3 Å². The normalized spacial score (nSPS) is 9.30. The summed E-state index contributed by atoms with van der Waals surface area (Å²) in [7, 11) is 0. The maximum absolute atomic E-state index is 10.4. The molecule has 1 radical (unpaired) electrons. The highest BCUT2D eigenvalue weighted by molar-refractivity contribution is 5.88. The molecule has 1 heterocycles. The molecule has 0 unspecified atom stereocenters. The molecule has 0 aliphatic heterocycles. The van der Waals surface area contributed by atoms with E-state index in [1.807, 2.05) is 0 Å². The van der Waals surface area contributed by atoms with E-state index in [0.29, 0.717) is 5.69 Å². The number of pyridine rings is 1. The fourth-order valence-corrected chi connectivity index (χ4v) is 0.645. The molecule has 3 heteroatoms. The molecule has 0 aliphatic rings. The van der Waals surface area contributed by atoms with Crippen molar-refractivity contribution >= 4 is 5.97 Å². The maximum Gasteiger partial charge on any atom is 0.337 e. The quantitative estimate of drug-likeness (QED) is 0.623. The van der Waals surface area contributed by atoms with Crippen LogP contribution < -0.4 is 0 Å². The Bertz CT molecular complexity index is 258. The number of carboxylic acid groups (broad SMARTS) is 1. The number of carbonyl (C=O) groups is 1. The van der Waals surface area contributed by atoms with Crippen molar-refractivity contribution in [1.82, 2.24) is 4.98 Å². The number of nitrogens with zero attached hydrogens (tertiary/aromatic N) is 1. The van der Waals surface area contributed by atoms with Crippen LogP contribution in [-0.2, 0) is 0 Å². The van der Waals surface area contributed by atoms with E-state index in [1.165, 1.54) is 12.3 Å². The van der Waals surface area contributed by atoms with Crippen molar-refractivity contribution in [3.63, 3.8) is 0 Å². The second-order valence-corrected chi connectivity index (χ2v) is 1.87. The van der Waals surface area contributed by atoms with E-state index >= 15 is 0 Å². The van der Waals surface area contributed by atoms with Gasteiger partial charge in [0.05, 0.1) is 11.3 Å². The van der Waals surface area contributed by atoms with Crippen LogP contribution in [0, 0.1) is 13.0 Å². The van der Waals surface area contributed by atoms with Crippen molar-refractivity contribution in [3.8, 4) is 0 Å². The number of carboxylic acids is 1. The van der Waals surface area contributed by atoms with E-state index in [2.05, 4.69) is 11.1 Å². The van der Waals surface area contributed by atoms with Gasteiger partial charge in [-0.25, -0.2) is 4.79 Å². The van der Waals surface area contributed by atoms with E-state index in [1.54, 1.807) is 6.92 Å². The third kappa shape index (κ3) is 1.13. The van der Waals surface area contributed by atoms with Gasteiger partial charge in [-0.2, -0.15) is 0 Å². The molecule has 1 rings (SSSR count). The average Bonchev–Trinajstić information content (AvgIpc) is 1.88. The summed E-state index contributed by atoms with van der Waals surface area (Å²) in [6.07, 6.45) is 1.45. The fourth-order valence-electron chi connectivity index (χ4n) is 0.645. The molecule has 3 nitrogen and oxygen atoms in total. The van der Waals surface area contributed by atoms with Gasteiger partial charge >= 0.3 is 5.97 Å².